The highest BCUT2D eigenvalue weighted by Crippen LogP contribution is 2.28. The molecule has 3 N–H and O–H groups in total. The quantitative estimate of drug-likeness (QED) is 0.803. The molecule has 0 amide bonds. The number of nitrogens with one attached hydrogen (secondary N) is 1. The lowest BCUT2D eigenvalue weighted by Gasteiger charge is -2.34. The summed E-state index contributed by atoms with van der Waals surface area (Å²) in [6, 6.07) is 10.8. The van der Waals surface area contributed by atoms with Crippen molar-refractivity contribution >= 4 is 0 Å². The lowest BCUT2D eigenvalue weighted by molar-refractivity contribution is 0.0240. The highest BCUT2D eigenvalue weighted by molar-refractivity contribution is 5.14. The van der Waals surface area contributed by atoms with Crippen molar-refractivity contribution in [3.8, 4) is 0 Å². The standard InChI is InChI=1S/C17H28N2O/c1-17(9-11-20-12-10-17)14-19-13-16(18)8-7-15-5-3-2-4-6-15/h2-6,16,19H,7-14,18H2,1H3. The third-order valence-electron chi connectivity index (χ3n) is 4.30. The van der Waals surface area contributed by atoms with Crippen molar-refractivity contribution in [3.63, 3.8) is 0 Å². The van der Waals surface area contributed by atoms with E-state index in [4.69, 9.17) is 10.5 Å². The van der Waals surface area contributed by atoms with E-state index < -0.39 is 0 Å². The van der Waals surface area contributed by atoms with Gasteiger partial charge in [0, 0.05) is 32.3 Å². The molecule has 1 aliphatic rings. The van der Waals surface area contributed by atoms with Crippen LogP contribution in [0, 0.1) is 5.41 Å². The lowest BCUT2D eigenvalue weighted by Crippen LogP contribution is -2.41. The summed E-state index contributed by atoms with van der Waals surface area (Å²) in [4.78, 5) is 0. The van der Waals surface area contributed by atoms with Crippen molar-refractivity contribution in [2.45, 2.75) is 38.6 Å². The topological polar surface area (TPSA) is 47.3 Å². The van der Waals surface area contributed by atoms with Gasteiger partial charge in [-0.1, -0.05) is 37.3 Å². The van der Waals surface area contributed by atoms with Gasteiger partial charge in [-0.25, -0.2) is 0 Å². The Labute approximate surface area is 122 Å². The molecule has 0 aliphatic carbocycles. The van der Waals surface area contributed by atoms with Crippen molar-refractivity contribution in [1.82, 2.24) is 5.32 Å². The minimum atomic E-state index is 0.235. The summed E-state index contributed by atoms with van der Waals surface area (Å²) in [5.41, 5.74) is 7.95. The molecule has 0 radical (unpaired) electrons. The maximum absolute atomic E-state index is 6.19. The zero-order valence-corrected chi connectivity index (χ0v) is 12.6. The van der Waals surface area contributed by atoms with Crippen LogP contribution in [0.3, 0.4) is 0 Å². The maximum atomic E-state index is 6.19. The molecule has 0 spiro atoms. The Morgan fingerprint density at radius 2 is 1.95 bits per heavy atom. The smallest absolute Gasteiger partial charge is 0.0471 e. The second-order valence-corrected chi connectivity index (χ2v) is 6.34. The van der Waals surface area contributed by atoms with Crippen molar-refractivity contribution in [2.75, 3.05) is 26.3 Å². The van der Waals surface area contributed by atoms with Gasteiger partial charge < -0.3 is 15.8 Å². The average molecular weight is 276 g/mol. The molecule has 1 aromatic carbocycles. The molecule has 1 unspecified atom stereocenters. The normalized spacial score (nSPS) is 19.7. The number of hydrogen-bond acceptors (Lipinski definition) is 3. The fourth-order valence-electron chi connectivity index (χ4n) is 2.70. The fourth-order valence-corrected chi connectivity index (χ4v) is 2.70. The minimum Gasteiger partial charge on any atom is -0.381 e. The molecule has 0 bridgehead atoms. The van der Waals surface area contributed by atoms with Gasteiger partial charge in [-0.15, -0.1) is 0 Å². The van der Waals surface area contributed by atoms with Gasteiger partial charge in [0.15, 0.2) is 0 Å². The predicted molar refractivity (Wildman–Crippen MR) is 83.8 cm³/mol. The Morgan fingerprint density at radius 1 is 1.25 bits per heavy atom. The first-order chi connectivity index (χ1) is 9.68. The summed E-state index contributed by atoms with van der Waals surface area (Å²) in [5, 5.41) is 3.55. The molecule has 20 heavy (non-hydrogen) atoms. The molecule has 3 nitrogen and oxygen atoms in total. The number of rotatable bonds is 7. The molecule has 1 fully saturated rings. The van der Waals surface area contributed by atoms with Gasteiger partial charge in [0.1, 0.15) is 0 Å². The van der Waals surface area contributed by atoms with Crippen LogP contribution in [0.1, 0.15) is 31.7 Å². The van der Waals surface area contributed by atoms with Crippen molar-refractivity contribution in [2.24, 2.45) is 11.1 Å². The van der Waals surface area contributed by atoms with Gasteiger partial charge >= 0.3 is 0 Å². The third-order valence-corrected chi connectivity index (χ3v) is 4.30. The summed E-state index contributed by atoms with van der Waals surface area (Å²) in [6.45, 7) is 6.10. The number of aryl methyl sites for hydroxylation is 1. The molecule has 1 atom stereocenters. The van der Waals surface area contributed by atoms with E-state index in [0.717, 1.165) is 52.0 Å². The monoisotopic (exact) mass is 276 g/mol. The van der Waals surface area contributed by atoms with Gasteiger partial charge in [-0.05, 0) is 36.7 Å². The van der Waals surface area contributed by atoms with Crippen molar-refractivity contribution in [1.29, 1.82) is 0 Å². The van der Waals surface area contributed by atoms with E-state index in [-0.39, 0.29) is 6.04 Å². The summed E-state index contributed by atoms with van der Waals surface area (Å²) in [7, 11) is 0. The lowest BCUT2D eigenvalue weighted by atomic mass is 9.82. The van der Waals surface area contributed by atoms with Crippen LogP contribution in [-0.2, 0) is 11.2 Å². The van der Waals surface area contributed by atoms with E-state index in [9.17, 15) is 0 Å². The van der Waals surface area contributed by atoms with Crippen LogP contribution in [-0.4, -0.2) is 32.3 Å². The number of ether oxygens (including phenoxy) is 1. The Kier molecular flexibility index (Phi) is 6.02. The Bertz CT molecular complexity index is 374. The fraction of sp³-hybridized carbons (Fsp3) is 0.647. The molecule has 3 heteroatoms. The zero-order chi connectivity index (χ0) is 14.3. The Morgan fingerprint density at radius 3 is 2.65 bits per heavy atom. The van der Waals surface area contributed by atoms with Crippen LogP contribution in [0.15, 0.2) is 30.3 Å². The van der Waals surface area contributed by atoms with Gasteiger partial charge in [0.2, 0.25) is 0 Å². The summed E-state index contributed by atoms with van der Waals surface area (Å²) in [6.07, 6.45) is 4.41. The largest absolute Gasteiger partial charge is 0.381 e. The van der Waals surface area contributed by atoms with Crippen LogP contribution in [0.25, 0.3) is 0 Å². The van der Waals surface area contributed by atoms with Crippen LogP contribution in [0.4, 0.5) is 0 Å². The minimum absolute atomic E-state index is 0.235. The van der Waals surface area contributed by atoms with E-state index in [0.29, 0.717) is 5.41 Å². The zero-order valence-electron chi connectivity index (χ0n) is 12.6. The summed E-state index contributed by atoms with van der Waals surface area (Å²) < 4.78 is 5.43. The van der Waals surface area contributed by atoms with E-state index in [1.165, 1.54) is 5.56 Å². The number of hydrogen-bond donors (Lipinski definition) is 2. The molecule has 1 saturated heterocycles. The molecular formula is C17H28N2O. The van der Waals surface area contributed by atoms with Crippen LogP contribution < -0.4 is 11.1 Å². The van der Waals surface area contributed by atoms with Crippen LogP contribution >= 0.6 is 0 Å². The van der Waals surface area contributed by atoms with Crippen LogP contribution in [0.5, 0.6) is 0 Å². The van der Waals surface area contributed by atoms with E-state index in [1.54, 1.807) is 0 Å². The molecule has 112 valence electrons. The average Bonchev–Trinajstić information content (AvgIpc) is 2.47. The maximum Gasteiger partial charge on any atom is 0.0471 e. The van der Waals surface area contributed by atoms with E-state index in [1.807, 2.05) is 0 Å². The van der Waals surface area contributed by atoms with Crippen LogP contribution in [0.2, 0.25) is 0 Å². The third kappa shape index (κ3) is 5.23. The first-order valence-corrected chi connectivity index (χ1v) is 7.76. The molecule has 2 rings (SSSR count). The van der Waals surface area contributed by atoms with Crippen molar-refractivity contribution < 1.29 is 4.74 Å². The molecule has 0 aromatic heterocycles. The Balaban J connectivity index is 1.61. The highest BCUT2D eigenvalue weighted by atomic mass is 16.5. The van der Waals surface area contributed by atoms with Gasteiger partial charge in [-0.3, -0.25) is 0 Å². The number of nitrogens with two attached hydrogens (primary N) is 1. The molecule has 1 heterocycles. The molecule has 0 saturated carbocycles. The van der Waals surface area contributed by atoms with E-state index in [2.05, 4.69) is 42.6 Å². The van der Waals surface area contributed by atoms with Gasteiger partial charge in [0.25, 0.3) is 0 Å². The molecule has 1 aromatic rings. The summed E-state index contributed by atoms with van der Waals surface area (Å²) in [5.74, 6) is 0. The predicted octanol–water partition coefficient (Wildman–Crippen LogP) is 2.35. The summed E-state index contributed by atoms with van der Waals surface area (Å²) >= 11 is 0. The van der Waals surface area contributed by atoms with E-state index >= 15 is 0 Å². The van der Waals surface area contributed by atoms with Gasteiger partial charge in [-0.2, -0.15) is 0 Å². The Hall–Kier alpha value is -0.900. The van der Waals surface area contributed by atoms with Crippen molar-refractivity contribution in [3.05, 3.63) is 35.9 Å². The van der Waals surface area contributed by atoms with Gasteiger partial charge in [0.05, 0.1) is 0 Å². The second-order valence-electron chi connectivity index (χ2n) is 6.34. The highest BCUT2D eigenvalue weighted by Gasteiger charge is 2.26. The first kappa shape index (κ1) is 15.5. The molecule has 1 aliphatic heterocycles. The second kappa shape index (κ2) is 7.77. The first-order valence-electron chi connectivity index (χ1n) is 7.76. The SMILES string of the molecule is CC1(CNCC(N)CCc2ccccc2)CCOCC1. The molecular weight excluding hydrogens is 248 g/mol. The number of benzene rings is 1.